The van der Waals surface area contributed by atoms with E-state index in [0.717, 1.165) is 12.8 Å². The Morgan fingerprint density at radius 3 is 2.60 bits per heavy atom. The van der Waals surface area contributed by atoms with E-state index in [9.17, 15) is 14.7 Å². The van der Waals surface area contributed by atoms with Gasteiger partial charge in [-0.05, 0) is 25.0 Å². The summed E-state index contributed by atoms with van der Waals surface area (Å²) in [6.45, 7) is 0. The number of aliphatic carboxylic acids is 1. The smallest absolute Gasteiger partial charge is 0.364 e. The molecule has 1 saturated carbocycles. The van der Waals surface area contributed by atoms with Gasteiger partial charge in [0, 0.05) is 12.8 Å². The molecule has 1 N–H and O–H groups in total. The van der Waals surface area contributed by atoms with Crippen LogP contribution in [0, 0.1) is 0 Å². The predicted molar refractivity (Wildman–Crippen MR) is 67.2 cm³/mol. The predicted octanol–water partition coefficient (Wildman–Crippen LogP) is 1.57. The minimum atomic E-state index is -1.37. The second-order valence-electron chi connectivity index (χ2n) is 4.51. The monoisotopic (exact) mass is 281 g/mol. The Hall–Kier alpha value is -2.31. The Balaban J connectivity index is 2.25. The van der Waals surface area contributed by atoms with Crippen LogP contribution in [0.4, 0.5) is 0 Å². The molecule has 108 valence electrons. The van der Waals surface area contributed by atoms with Crippen LogP contribution in [-0.4, -0.2) is 35.5 Å². The highest BCUT2D eigenvalue weighted by molar-refractivity contribution is 6.42. The first-order chi connectivity index (χ1) is 9.59. The quantitative estimate of drug-likeness (QED) is 0.499. The van der Waals surface area contributed by atoms with Crippen molar-refractivity contribution in [3.05, 3.63) is 24.2 Å². The lowest BCUT2D eigenvalue weighted by Crippen LogP contribution is -2.37. The molecule has 1 aliphatic rings. The second kappa shape index (κ2) is 5.77. The molecule has 0 radical (unpaired) electrons. The molecule has 1 heterocycles. The molecule has 7 heteroatoms. The third-order valence-corrected chi connectivity index (χ3v) is 3.25. The van der Waals surface area contributed by atoms with E-state index in [1.807, 2.05) is 0 Å². The van der Waals surface area contributed by atoms with Gasteiger partial charge in [0.15, 0.2) is 5.76 Å². The summed E-state index contributed by atoms with van der Waals surface area (Å²) in [6.07, 6.45) is 3.58. The van der Waals surface area contributed by atoms with E-state index in [1.54, 1.807) is 6.07 Å². The molecule has 0 amide bonds. The highest BCUT2D eigenvalue weighted by atomic mass is 16.7. The molecule has 20 heavy (non-hydrogen) atoms. The van der Waals surface area contributed by atoms with Crippen LogP contribution in [0.5, 0.6) is 0 Å². The van der Waals surface area contributed by atoms with Crippen LogP contribution in [0.1, 0.15) is 31.4 Å². The van der Waals surface area contributed by atoms with Crippen molar-refractivity contribution < 1.29 is 28.7 Å². The first kappa shape index (κ1) is 14.1. The van der Waals surface area contributed by atoms with Gasteiger partial charge in [-0.3, -0.25) is 0 Å². The van der Waals surface area contributed by atoms with E-state index in [4.69, 9.17) is 9.25 Å². The number of carbonyl (C=O) groups excluding carboxylic acids is 1. The van der Waals surface area contributed by atoms with Gasteiger partial charge >= 0.3 is 11.9 Å². The number of ether oxygens (including phenoxy) is 1. The Bertz CT molecular complexity index is 513. The fourth-order valence-corrected chi connectivity index (χ4v) is 2.12. The van der Waals surface area contributed by atoms with E-state index >= 15 is 0 Å². The van der Waals surface area contributed by atoms with Crippen LogP contribution in [-0.2, 0) is 19.2 Å². The van der Waals surface area contributed by atoms with Crippen molar-refractivity contribution >= 4 is 17.7 Å². The molecule has 1 aliphatic carbocycles. The number of rotatable bonds is 5. The van der Waals surface area contributed by atoms with Crippen molar-refractivity contribution in [3.8, 4) is 0 Å². The summed E-state index contributed by atoms with van der Waals surface area (Å²) in [5.41, 5.74) is -1.56. The molecule has 1 aromatic rings. The number of hydrogen-bond acceptors (Lipinski definition) is 6. The number of oxime groups is 1. The molecule has 2 rings (SSSR count). The topological polar surface area (TPSA) is 98.3 Å². The van der Waals surface area contributed by atoms with Crippen LogP contribution in [0.3, 0.4) is 0 Å². The fraction of sp³-hybridized carbons (Fsp3) is 0.462. The molecule has 1 fully saturated rings. The maximum Gasteiger partial charge on any atom is 0.364 e. The highest BCUT2D eigenvalue weighted by Crippen LogP contribution is 2.33. The first-order valence-electron chi connectivity index (χ1n) is 6.21. The van der Waals surface area contributed by atoms with Gasteiger partial charge in [0.2, 0.25) is 11.3 Å². The van der Waals surface area contributed by atoms with Crippen LogP contribution in [0.25, 0.3) is 0 Å². The number of hydrogen-bond donors (Lipinski definition) is 1. The molecular weight excluding hydrogens is 266 g/mol. The van der Waals surface area contributed by atoms with E-state index in [0.29, 0.717) is 12.8 Å². The summed E-state index contributed by atoms with van der Waals surface area (Å²) in [6, 6.07) is 3.09. The Morgan fingerprint density at radius 1 is 1.40 bits per heavy atom. The standard InChI is InChI=1S/C13H15NO6/c1-18-11(15)10(9-5-4-8-19-9)14-20-13(12(16)17)6-2-3-7-13/h4-5,8H,2-3,6-7H2,1H3,(H,16,17). The zero-order valence-electron chi connectivity index (χ0n) is 11.0. The Labute approximate surface area is 115 Å². The van der Waals surface area contributed by atoms with Gasteiger partial charge in [-0.2, -0.15) is 0 Å². The van der Waals surface area contributed by atoms with Gasteiger partial charge in [0.25, 0.3) is 0 Å². The van der Waals surface area contributed by atoms with Gasteiger partial charge in [-0.25, -0.2) is 9.59 Å². The molecule has 0 spiro atoms. The van der Waals surface area contributed by atoms with Gasteiger partial charge in [-0.1, -0.05) is 5.16 Å². The van der Waals surface area contributed by atoms with E-state index in [2.05, 4.69) is 9.89 Å². The van der Waals surface area contributed by atoms with Crippen molar-refractivity contribution in [1.29, 1.82) is 0 Å². The summed E-state index contributed by atoms with van der Waals surface area (Å²) < 4.78 is 9.66. The number of methoxy groups -OCH3 is 1. The normalized spacial score (nSPS) is 17.8. The SMILES string of the molecule is COC(=O)C(=NOC1(C(=O)O)CCCC1)c1ccco1. The zero-order valence-corrected chi connectivity index (χ0v) is 11.0. The number of furan rings is 1. The largest absolute Gasteiger partial charge is 0.478 e. The molecule has 0 aliphatic heterocycles. The maximum atomic E-state index is 11.6. The molecule has 1 aromatic heterocycles. The second-order valence-corrected chi connectivity index (χ2v) is 4.51. The molecule has 0 atom stereocenters. The summed E-state index contributed by atoms with van der Waals surface area (Å²) in [5.74, 6) is -1.67. The third kappa shape index (κ3) is 2.66. The van der Waals surface area contributed by atoms with Crippen LogP contribution < -0.4 is 0 Å². The summed E-state index contributed by atoms with van der Waals surface area (Å²) in [5, 5.41) is 12.9. The van der Waals surface area contributed by atoms with Crippen molar-refractivity contribution in [2.75, 3.05) is 7.11 Å². The van der Waals surface area contributed by atoms with Crippen LogP contribution >= 0.6 is 0 Å². The van der Waals surface area contributed by atoms with Gasteiger partial charge in [-0.15, -0.1) is 0 Å². The molecule has 0 bridgehead atoms. The average molecular weight is 281 g/mol. The summed E-state index contributed by atoms with van der Waals surface area (Å²) in [7, 11) is 1.20. The van der Waals surface area contributed by atoms with E-state index in [1.165, 1.54) is 19.4 Å². The van der Waals surface area contributed by atoms with Crippen LogP contribution in [0.15, 0.2) is 28.0 Å². The van der Waals surface area contributed by atoms with Crippen molar-refractivity contribution in [3.63, 3.8) is 0 Å². The lowest BCUT2D eigenvalue weighted by molar-refractivity contribution is -0.165. The highest BCUT2D eigenvalue weighted by Gasteiger charge is 2.45. The minimum absolute atomic E-state index is 0.162. The molecule has 0 unspecified atom stereocenters. The van der Waals surface area contributed by atoms with E-state index in [-0.39, 0.29) is 11.5 Å². The van der Waals surface area contributed by atoms with Crippen molar-refractivity contribution in [2.45, 2.75) is 31.3 Å². The first-order valence-corrected chi connectivity index (χ1v) is 6.21. The van der Waals surface area contributed by atoms with Crippen molar-refractivity contribution in [1.82, 2.24) is 0 Å². The van der Waals surface area contributed by atoms with Crippen molar-refractivity contribution in [2.24, 2.45) is 5.16 Å². The lowest BCUT2D eigenvalue weighted by atomic mass is 10.0. The number of carboxylic acids is 1. The third-order valence-electron chi connectivity index (χ3n) is 3.25. The molecular formula is C13H15NO6. The Kier molecular flexibility index (Phi) is 4.07. The summed E-state index contributed by atoms with van der Waals surface area (Å²) in [4.78, 5) is 28.2. The average Bonchev–Trinajstić information content (AvgIpc) is 3.10. The zero-order chi connectivity index (χ0) is 14.6. The van der Waals surface area contributed by atoms with Gasteiger partial charge in [0.1, 0.15) is 0 Å². The fourth-order valence-electron chi connectivity index (χ4n) is 2.12. The molecule has 0 aromatic carbocycles. The molecule has 0 saturated heterocycles. The maximum absolute atomic E-state index is 11.6. The number of esters is 1. The number of carbonyl (C=O) groups is 2. The number of nitrogens with zero attached hydrogens (tertiary/aromatic N) is 1. The van der Waals surface area contributed by atoms with Gasteiger partial charge in [0.05, 0.1) is 13.4 Å². The van der Waals surface area contributed by atoms with Gasteiger partial charge < -0.3 is 19.1 Å². The van der Waals surface area contributed by atoms with Crippen LogP contribution in [0.2, 0.25) is 0 Å². The number of carboxylic acid groups (broad SMARTS) is 1. The lowest BCUT2D eigenvalue weighted by Gasteiger charge is -2.21. The van der Waals surface area contributed by atoms with E-state index < -0.39 is 17.5 Å². The molecule has 7 nitrogen and oxygen atoms in total. The minimum Gasteiger partial charge on any atom is -0.478 e. The summed E-state index contributed by atoms with van der Waals surface area (Å²) >= 11 is 0. The Morgan fingerprint density at radius 2 is 2.10 bits per heavy atom.